The third-order valence-electron chi connectivity index (χ3n) is 5.96. The first-order chi connectivity index (χ1) is 16.8. The van der Waals surface area contributed by atoms with Crippen LogP contribution in [0.4, 0.5) is 37.7 Å². The highest BCUT2D eigenvalue weighted by Crippen LogP contribution is 2.52. The molecule has 2 aliphatic rings. The summed E-state index contributed by atoms with van der Waals surface area (Å²) in [5.74, 6) is 5.45. The maximum Gasteiger partial charge on any atom is 0.430 e. The molecule has 2 aliphatic heterocycles. The summed E-state index contributed by atoms with van der Waals surface area (Å²) in [7, 11) is 1.87. The summed E-state index contributed by atoms with van der Waals surface area (Å²) < 4.78 is 86.2. The maximum absolute atomic E-state index is 13.5. The fourth-order valence-corrected chi connectivity index (χ4v) is 5.28. The summed E-state index contributed by atoms with van der Waals surface area (Å²) in [6, 6.07) is 6.98. The van der Waals surface area contributed by atoms with E-state index >= 15 is 0 Å². The zero-order chi connectivity index (χ0) is 26.5. The van der Waals surface area contributed by atoms with Crippen LogP contribution in [0.2, 0.25) is 0 Å². The lowest BCUT2D eigenvalue weighted by molar-refractivity contribution is -0.376. The van der Waals surface area contributed by atoms with Crippen LogP contribution in [0.25, 0.3) is 0 Å². The average molecular weight is 530 g/mol. The fraction of sp³-hybridized carbons (Fsp3) is 0.375. The number of hydrogen-bond donors (Lipinski definition) is 1. The standard InChI is InChI=1S/C24H20F6N2O3S/c1-3-4-16-13-32(21(33)14-5-7-17-19(11-14)35-10-9-31(17)2)18-8-6-15(12-20(18)36-16)22(34,23(25,26)27)24(28,29)30/h5-8,11-12,16,34H,9-10,13H2,1-2H3. The molecule has 192 valence electrons. The van der Waals surface area contributed by atoms with E-state index < -0.39 is 34.7 Å². The number of carbonyl (C=O) groups excluding carboxylic acids is 1. The Kier molecular flexibility index (Phi) is 6.59. The third kappa shape index (κ3) is 4.35. The number of alkyl halides is 6. The molecular weight excluding hydrogens is 510 g/mol. The summed E-state index contributed by atoms with van der Waals surface area (Å²) in [6.45, 7) is 2.67. The van der Waals surface area contributed by atoms with Crippen molar-refractivity contribution in [3.63, 3.8) is 0 Å². The van der Waals surface area contributed by atoms with E-state index in [0.29, 0.717) is 31.0 Å². The molecule has 0 aromatic heterocycles. The van der Waals surface area contributed by atoms with Gasteiger partial charge in [-0.05, 0) is 37.3 Å². The van der Waals surface area contributed by atoms with Gasteiger partial charge < -0.3 is 19.6 Å². The highest BCUT2D eigenvalue weighted by Gasteiger charge is 2.71. The van der Waals surface area contributed by atoms with Gasteiger partial charge in [-0.1, -0.05) is 12.0 Å². The number of hydrogen-bond acceptors (Lipinski definition) is 5. The predicted octanol–water partition coefficient (Wildman–Crippen LogP) is 4.97. The molecule has 0 aliphatic carbocycles. The van der Waals surface area contributed by atoms with Crippen LogP contribution in [-0.4, -0.2) is 55.4 Å². The molecular formula is C24H20F6N2O3S. The lowest BCUT2D eigenvalue weighted by Gasteiger charge is -2.36. The van der Waals surface area contributed by atoms with Crippen molar-refractivity contribution in [2.75, 3.05) is 36.5 Å². The Balaban J connectivity index is 1.78. The molecule has 1 unspecified atom stereocenters. The van der Waals surface area contributed by atoms with E-state index in [1.807, 2.05) is 11.9 Å². The van der Waals surface area contributed by atoms with Gasteiger partial charge in [0.1, 0.15) is 12.4 Å². The Morgan fingerprint density at radius 2 is 1.75 bits per heavy atom. The molecule has 0 spiro atoms. The van der Waals surface area contributed by atoms with Crippen molar-refractivity contribution in [1.29, 1.82) is 0 Å². The molecule has 5 nitrogen and oxygen atoms in total. The summed E-state index contributed by atoms with van der Waals surface area (Å²) in [6.07, 6.45) is -12.0. The van der Waals surface area contributed by atoms with Gasteiger partial charge in [-0.15, -0.1) is 17.7 Å². The number of benzene rings is 2. The van der Waals surface area contributed by atoms with E-state index in [0.717, 1.165) is 23.5 Å². The second-order valence-electron chi connectivity index (χ2n) is 8.26. The topological polar surface area (TPSA) is 53.0 Å². The Hall–Kier alpha value is -3.04. The molecule has 0 saturated carbocycles. The van der Waals surface area contributed by atoms with Gasteiger partial charge in [-0.25, -0.2) is 0 Å². The molecule has 0 fully saturated rings. The van der Waals surface area contributed by atoms with Crippen LogP contribution < -0.4 is 14.5 Å². The average Bonchev–Trinajstić information content (AvgIpc) is 2.81. The van der Waals surface area contributed by atoms with Gasteiger partial charge in [0.05, 0.1) is 23.2 Å². The van der Waals surface area contributed by atoms with Gasteiger partial charge >= 0.3 is 12.4 Å². The molecule has 2 aromatic carbocycles. The summed E-state index contributed by atoms with van der Waals surface area (Å²) in [5, 5.41) is 9.21. The molecule has 0 saturated heterocycles. The number of likely N-dealkylation sites (N-methyl/N-ethyl adjacent to an activating group) is 1. The molecule has 1 atom stereocenters. The normalized spacial score (nSPS) is 18.0. The van der Waals surface area contributed by atoms with Crippen molar-refractivity contribution in [1.82, 2.24) is 0 Å². The van der Waals surface area contributed by atoms with Crippen molar-refractivity contribution in [2.24, 2.45) is 0 Å². The molecule has 0 bridgehead atoms. The fourth-order valence-electron chi connectivity index (χ4n) is 4.07. The lowest BCUT2D eigenvalue weighted by atomic mass is 9.92. The number of fused-ring (bicyclic) bond motifs is 2. The van der Waals surface area contributed by atoms with E-state index in [1.165, 1.54) is 11.8 Å². The minimum Gasteiger partial charge on any atom is -0.490 e. The number of rotatable bonds is 2. The van der Waals surface area contributed by atoms with Crippen LogP contribution in [0.3, 0.4) is 0 Å². The minimum atomic E-state index is -6.02. The molecule has 2 aromatic rings. The second-order valence-corrected chi connectivity index (χ2v) is 9.50. The molecule has 2 heterocycles. The van der Waals surface area contributed by atoms with E-state index in [2.05, 4.69) is 11.8 Å². The summed E-state index contributed by atoms with van der Waals surface area (Å²) in [5.41, 5.74) is -5.33. The van der Waals surface area contributed by atoms with Gasteiger partial charge in [0.2, 0.25) is 0 Å². The Morgan fingerprint density at radius 3 is 2.39 bits per heavy atom. The summed E-state index contributed by atoms with van der Waals surface area (Å²) in [4.78, 5) is 16.6. The highest BCUT2D eigenvalue weighted by atomic mass is 32.2. The molecule has 12 heteroatoms. The molecule has 36 heavy (non-hydrogen) atoms. The van der Waals surface area contributed by atoms with Gasteiger partial charge in [0.25, 0.3) is 11.5 Å². The number of nitrogens with zero attached hydrogens (tertiary/aromatic N) is 2. The zero-order valence-corrected chi connectivity index (χ0v) is 19.8. The SMILES string of the molecule is CC#CC1CN(C(=O)c2ccc3c(c2)OCCN3C)c2ccc(C(O)(C(F)(F)F)C(F)(F)F)cc2S1. The molecule has 1 amide bonds. The molecule has 1 N–H and O–H groups in total. The number of thioether (sulfide) groups is 1. The van der Waals surface area contributed by atoms with Crippen LogP contribution in [0.1, 0.15) is 22.8 Å². The number of aliphatic hydroxyl groups is 1. The van der Waals surface area contributed by atoms with Crippen LogP contribution in [0, 0.1) is 11.8 Å². The third-order valence-corrected chi connectivity index (χ3v) is 7.09. The van der Waals surface area contributed by atoms with Gasteiger partial charge in [-0.3, -0.25) is 4.79 Å². The van der Waals surface area contributed by atoms with Gasteiger partial charge in [0, 0.05) is 29.6 Å². The van der Waals surface area contributed by atoms with Gasteiger partial charge in [-0.2, -0.15) is 26.3 Å². The smallest absolute Gasteiger partial charge is 0.430 e. The summed E-state index contributed by atoms with van der Waals surface area (Å²) >= 11 is 0.928. The van der Waals surface area contributed by atoms with E-state index in [9.17, 15) is 36.2 Å². The first-order valence-corrected chi connectivity index (χ1v) is 11.5. The number of carbonyl (C=O) groups is 1. The van der Waals surface area contributed by atoms with Gasteiger partial charge in [0.15, 0.2) is 0 Å². The molecule has 4 rings (SSSR count). The van der Waals surface area contributed by atoms with Crippen molar-refractivity contribution < 1.29 is 41.0 Å². The highest BCUT2D eigenvalue weighted by molar-refractivity contribution is 8.00. The van der Waals surface area contributed by atoms with Crippen LogP contribution in [0.15, 0.2) is 41.3 Å². The number of halogens is 6. The first kappa shape index (κ1) is 26.0. The maximum atomic E-state index is 13.5. The lowest BCUT2D eigenvalue weighted by Crippen LogP contribution is -2.54. The van der Waals surface area contributed by atoms with Crippen LogP contribution in [0.5, 0.6) is 5.75 Å². The molecule has 0 radical (unpaired) electrons. The van der Waals surface area contributed by atoms with Crippen molar-refractivity contribution in [3.05, 3.63) is 47.5 Å². The van der Waals surface area contributed by atoms with E-state index in [-0.39, 0.29) is 22.7 Å². The van der Waals surface area contributed by atoms with Crippen LogP contribution in [-0.2, 0) is 5.60 Å². The number of amides is 1. The first-order valence-electron chi connectivity index (χ1n) is 10.7. The Bertz CT molecular complexity index is 1240. The van der Waals surface area contributed by atoms with Crippen molar-refractivity contribution in [3.8, 4) is 17.6 Å². The number of ether oxygens (including phenoxy) is 1. The largest absolute Gasteiger partial charge is 0.490 e. The number of anilines is 2. The second kappa shape index (κ2) is 9.12. The quantitative estimate of drug-likeness (QED) is 0.439. The van der Waals surface area contributed by atoms with Crippen LogP contribution >= 0.6 is 11.8 Å². The minimum absolute atomic E-state index is 0.0410. The zero-order valence-electron chi connectivity index (χ0n) is 19.0. The monoisotopic (exact) mass is 530 g/mol. The Morgan fingerprint density at radius 1 is 1.08 bits per heavy atom. The predicted molar refractivity (Wildman–Crippen MR) is 122 cm³/mol. The Labute approximate surface area is 207 Å². The van der Waals surface area contributed by atoms with E-state index in [4.69, 9.17) is 4.74 Å². The van der Waals surface area contributed by atoms with Crippen molar-refractivity contribution >= 4 is 29.0 Å². The van der Waals surface area contributed by atoms with E-state index in [1.54, 1.807) is 18.2 Å². The van der Waals surface area contributed by atoms with Crippen molar-refractivity contribution in [2.45, 2.75) is 35.0 Å².